The Morgan fingerprint density at radius 3 is 2.38 bits per heavy atom. The molecule has 0 N–H and O–H groups in total. The predicted octanol–water partition coefficient (Wildman–Crippen LogP) is 5.29. The van der Waals surface area contributed by atoms with Crippen molar-refractivity contribution in [2.24, 2.45) is 0 Å². The number of carbonyl (C=O) groups excluding carboxylic acids is 1. The highest BCUT2D eigenvalue weighted by Crippen LogP contribution is 2.39. The van der Waals surface area contributed by atoms with Gasteiger partial charge in [-0.25, -0.2) is 0 Å². The summed E-state index contributed by atoms with van der Waals surface area (Å²) in [5.74, 6) is -0.0750. The summed E-state index contributed by atoms with van der Waals surface area (Å²) in [6.07, 6.45) is 0.679. The summed E-state index contributed by atoms with van der Waals surface area (Å²) in [7, 11) is 1.65. The number of benzene rings is 2. The molecule has 0 bridgehead atoms. The van der Waals surface area contributed by atoms with Crippen molar-refractivity contribution in [1.82, 2.24) is 4.90 Å². The largest absolute Gasteiger partial charge is 0.450 e. The van der Waals surface area contributed by atoms with E-state index in [0.29, 0.717) is 36.1 Å². The van der Waals surface area contributed by atoms with Gasteiger partial charge >= 0.3 is 0 Å². The minimum absolute atomic E-state index is 0.0181. The fourth-order valence-corrected chi connectivity index (χ4v) is 4.64. The molecule has 32 heavy (non-hydrogen) atoms. The van der Waals surface area contributed by atoms with Gasteiger partial charge in [-0.05, 0) is 54.0 Å². The molecule has 5 nitrogen and oxygen atoms in total. The van der Waals surface area contributed by atoms with E-state index in [-0.39, 0.29) is 22.5 Å². The van der Waals surface area contributed by atoms with Crippen LogP contribution in [-0.2, 0) is 10.2 Å². The molecule has 2 aromatic carbocycles. The summed E-state index contributed by atoms with van der Waals surface area (Å²) in [5.41, 5.74) is 4.79. The quantitative estimate of drug-likeness (QED) is 0.513. The molecule has 168 valence electrons. The third-order valence-corrected chi connectivity index (χ3v) is 6.25. The van der Waals surface area contributed by atoms with E-state index in [2.05, 4.69) is 32.9 Å². The molecule has 0 saturated carbocycles. The minimum atomic E-state index is -0.468. The molecule has 1 aliphatic heterocycles. The van der Waals surface area contributed by atoms with E-state index in [1.165, 1.54) is 5.56 Å². The Morgan fingerprint density at radius 2 is 1.75 bits per heavy atom. The molecule has 5 heteroatoms. The van der Waals surface area contributed by atoms with Crippen molar-refractivity contribution in [2.45, 2.75) is 52.5 Å². The molecule has 1 aliphatic rings. The molecule has 0 spiro atoms. The Kier molecular flexibility index (Phi) is 5.72. The number of ether oxygens (including phenoxy) is 1. The van der Waals surface area contributed by atoms with Crippen molar-refractivity contribution in [3.05, 3.63) is 80.2 Å². The molecule has 4 rings (SSSR count). The lowest BCUT2D eigenvalue weighted by Gasteiger charge is -2.26. The molecule has 0 aliphatic carbocycles. The zero-order chi connectivity index (χ0) is 23.2. The molecule has 1 unspecified atom stereocenters. The number of fused-ring (bicyclic) bond motifs is 2. The van der Waals surface area contributed by atoms with Crippen molar-refractivity contribution >= 4 is 16.9 Å². The van der Waals surface area contributed by atoms with Gasteiger partial charge in [0, 0.05) is 20.3 Å². The van der Waals surface area contributed by atoms with Gasteiger partial charge in [0.05, 0.1) is 17.0 Å². The Morgan fingerprint density at radius 1 is 1.06 bits per heavy atom. The van der Waals surface area contributed by atoms with E-state index in [9.17, 15) is 9.59 Å². The van der Waals surface area contributed by atoms with Crippen LogP contribution in [0.25, 0.3) is 11.0 Å². The van der Waals surface area contributed by atoms with Gasteiger partial charge in [0.25, 0.3) is 5.91 Å². The van der Waals surface area contributed by atoms with E-state index in [0.717, 1.165) is 16.7 Å². The average Bonchev–Trinajstić information content (AvgIpc) is 2.99. The standard InChI is InChI=1S/C27H31NO4/c1-16-14-17(2)21-20(15-16)32-25-22(24(21)29)23(28(26(25)30)12-7-13-31-6)18-8-10-19(11-9-18)27(3,4)5/h8-11,14-15,23H,7,12-13H2,1-6H3. The minimum Gasteiger partial charge on any atom is -0.450 e. The fourth-order valence-electron chi connectivity index (χ4n) is 4.64. The van der Waals surface area contributed by atoms with Gasteiger partial charge in [0.1, 0.15) is 5.58 Å². The van der Waals surface area contributed by atoms with Crippen LogP contribution < -0.4 is 5.43 Å². The van der Waals surface area contributed by atoms with Crippen molar-refractivity contribution in [3.63, 3.8) is 0 Å². The number of hydrogen-bond donors (Lipinski definition) is 0. The van der Waals surface area contributed by atoms with Crippen LogP contribution in [0.5, 0.6) is 0 Å². The van der Waals surface area contributed by atoms with Gasteiger partial charge in [0.2, 0.25) is 5.76 Å². The van der Waals surface area contributed by atoms with Crippen molar-refractivity contribution in [1.29, 1.82) is 0 Å². The Labute approximate surface area is 189 Å². The van der Waals surface area contributed by atoms with Crippen LogP contribution in [-0.4, -0.2) is 31.1 Å². The lowest BCUT2D eigenvalue weighted by Crippen LogP contribution is -2.31. The summed E-state index contributed by atoms with van der Waals surface area (Å²) in [6, 6.07) is 11.6. The van der Waals surface area contributed by atoms with Crippen LogP contribution in [0.3, 0.4) is 0 Å². The van der Waals surface area contributed by atoms with Crippen molar-refractivity contribution in [2.75, 3.05) is 20.3 Å². The second-order valence-electron chi connectivity index (χ2n) is 9.75. The maximum atomic E-state index is 13.7. The topological polar surface area (TPSA) is 59.8 Å². The van der Waals surface area contributed by atoms with Gasteiger partial charge in [-0.15, -0.1) is 0 Å². The molecule has 2 heterocycles. The molecule has 0 radical (unpaired) electrons. The van der Waals surface area contributed by atoms with Gasteiger partial charge in [-0.1, -0.05) is 51.1 Å². The molecule has 3 aromatic rings. The van der Waals surface area contributed by atoms with E-state index >= 15 is 0 Å². The Bertz CT molecular complexity index is 1230. The monoisotopic (exact) mass is 433 g/mol. The molecule has 0 saturated heterocycles. The smallest absolute Gasteiger partial charge is 0.290 e. The van der Waals surface area contributed by atoms with Crippen LogP contribution in [0.2, 0.25) is 0 Å². The first-order valence-electron chi connectivity index (χ1n) is 11.1. The second-order valence-corrected chi connectivity index (χ2v) is 9.75. The van der Waals surface area contributed by atoms with Gasteiger partial charge < -0.3 is 14.1 Å². The highest BCUT2D eigenvalue weighted by molar-refractivity contribution is 5.99. The average molecular weight is 434 g/mol. The maximum Gasteiger partial charge on any atom is 0.290 e. The van der Waals surface area contributed by atoms with Crippen LogP contribution in [0.1, 0.15) is 71.6 Å². The van der Waals surface area contributed by atoms with Crippen molar-refractivity contribution in [3.8, 4) is 0 Å². The number of carbonyl (C=O) groups is 1. The summed E-state index contributed by atoms with van der Waals surface area (Å²) in [4.78, 5) is 28.9. The second kappa shape index (κ2) is 8.21. The molecule has 0 fully saturated rings. The normalized spacial score (nSPS) is 16.1. The van der Waals surface area contributed by atoms with Crippen LogP contribution >= 0.6 is 0 Å². The number of hydrogen-bond acceptors (Lipinski definition) is 4. The summed E-state index contributed by atoms with van der Waals surface area (Å²) < 4.78 is 11.3. The predicted molar refractivity (Wildman–Crippen MR) is 126 cm³/mol. The highest BCUT2D eigenvalue weighted by Gasteiger charge is 2.42. The lowest BCUT2D eigenvalue weighted by atomic mass is 9.85. The van der Waals surface area contributed by atoms with Gasteiger partial charge in [-0.3, -0.25) is 9.59 Å². The summed E-state index contributed by atoms with van der Waals surface area (Å²) >= 11 is 0. The number of rotatable bonds is 5. The van der Waals surface area contributed by atoms with Crippen LogP contribution in [0.4, 0.5) is 0 Å². The zero-order valence-electron chi connectivity index (χ0n) is 19.7. The summed E-state index contributed by atoms with van der Waals surface area (Å²) in [6.45, 7) is 11.4. The molecule has 1 aromatic heterocycles. The maximum absolute atomic E-state index is 13.7. The number of aryl methyl sites for hydroxylation is 2. The van der Waals surface area contributed by atoms with Crippen LogP contribution in [0, 0.1) is 13.8 Å². The molecular formula is C27H31NO4. The fraction of sp³-hybridized carbons (Fsp3) is 0.407. The lowest BCUT2D eigenvalue weighted by molar-refractivity contribution is 0.0708. The Balaban J connectivity index is 1.91. The SMILES string of the molecule is COCCCN1C(=O)c2oc3cc(C)cc(C)c3c(=O)c2C1c1ccc(C(C)(C)C)cc1. The first-order valence-corrected chi connectivity index (χ1v) is 11.1. The first-order chi connectivity index (χ1) is 15.1. The van der Waals surface area contributed by atoms with Gasteiger partial charge in [0.15, 0.2) is 5.43 Å². The van der Waals surface area contributed by atoms with E-state index < -0.39 is 6.04 Å². The van der Waals surface area contributed by atoms with E-state index in [1.807, 2.05) is 38.1 Å². The molecule has 1 amide bonds. The van der Waals surface area contributed by atoms with Crippen LogP contribution in [0.15, 0.2) is 45.6 Å². The number of nitrogens with zero attached hydrogens (tertiary/aromatic N) is 1. The molecular weight excluding hydrogens is 402 g/mol. The highest BCUT2D eigenvalue weighted by atomic mass is 16.5. The molecule has 1 atom stereocenters. The first kappa shape index (κ1) is 22.3. The third kappa shape index (κ3) is 3.75. The van der Waals surface area contributed by atoms with Gasteiger partial charge in [-0.2, -0.15) is 0 Å². The third-order valence-electron chi connectivity index (χ3n) is 6.25. The number of amides is 1. The summed E-state index contributed by atoms with van der Waals surface area (Å²) in [5, 5.41) is 0.553. The zero-order valence-corrected chi connectivity index (χ0v) is 19.7. The van der Waals surface area contributed by atoms with Crippen molar-refractivity contribution < 1.29 is 13.9 Å². The van der Waals surface area contributed by atoms with E-state index in [4.69, 9.17) is 9.15 Å². The van der Waals surface area contributed by atoms with E-state index in [1.54, 1.807) is 12.0 Å². The number of methoxy groups -OCH3 is 1. The Hall–Kier alpha value is -2.92.